The third-order valence-electron chi connectivity index (χ3n) is 5.18. The first kappa shape index (κ1) is 22.1. The summed E-state index contributed by atoms with van der Waals surface area (Å²) in [7, 11) is 0. The molecule has 2 N–H and O–H groups in total. The van der Waals surface area contributed by atoms with E-state index in [1.807, 2.05) is 30.9 Å². The number of hydrogen-bond donors (Lipinski definition) is 2. The topological polar surface area (TPSA) is 110 Å². The number of anilines is 2. The van der Waals surface area contributed by atoms with Crippen molar-refractivity contribution in [3.63, 3.8) is 0 Å². The number of rotatable bonds is 4. The first-order chi connectivity index (χ1) is 15.3. The Bertz CT molecular complexity index is 1180. The number of nitro benzene ring substituents is 1. The van der Waals surface area contributed by atoms with Crippen LogP contribution in [-0.2, 0) is 4.74 Å². The van der Waals surface area contributed by atoms with Crippen LogP contribution in [0, 0.1) is 24.0 Å². The Morgan fingerprint density at radius 2 is 1.94 bits per heavy atom. The summed E-state index contributed by atoms with van der Waals surface area (Å²) >= 11 is 6.71. The standard InChI is InChI=1S/C21H21N5O4S2/c1-12-3-4-13(2)18-17(12)22-21(32-18)24-20(31)23-19(27)14-5-6-15(16(11-14)26(28)29)25-7-9-30-10-8-25/h3-6,11H,7-10H2,1-2H3,(H2,22,23,24,27,31). The van der Waals surface area contributed by atoms with Crippen LogP contribution in [0.5, 0.6) is 0 Å². The van der Waals surface area contributed by atoms with Gasteiger partial charge in [-0.15, -0.1) is 0 Å². The number of morpholine rings is 1. The Labute approximate surface area is 193 Å². The Balaban J connectivity index is 1.49. The third kappa shape index (κ3) is 4.54. The van der Waals surface area contributed by atoms with Gasteiger partial charge in [-0.25, -0.2) is 4.98 Å². The van der Waals surface area contributed by atoms with E-state index in [0.717, 1.165) is 21.3 Å². The summed E-state index contributed by atoms with van der Waals surface area (Å²) in [6.45, 7) is 6.12. The van der Waals surface area contributed by atoms with Gasteiger partial charge in [-0.05, 0) is 49.3 Å². The van der Waals surface area contributed by atoms with Crippen molar-refractivity contribution in [2.75, 3.05) is 36.5 Å². The van der Waals surface area contributed by atoms with Gasteiger partial charge >= 0.3 is 0 Å². The average Bonchev–Trinajstić information content (AvgIpc) is 3.21. The van der Waals surface area contributed by atoms with Gasteiger partial charge in [0, 0.05) is 24.7 Å². The molecule has 3 aromatic rings. The van der Waals surface area contributed by atoms with Gasteiger partial charge in [0.25, 0.3) is 11.6 Å². The first-order valence-corrected chi connectivity index (χ1v) is 11.2. The minimum atomic E-state index is -0.535. The van der Waals surface area contributed by atoms with E-state index in [1.54, 1.807) is 12.1 Å². The van der Waals surface area contributed by atoms with Crippen molar-refractivity contribution in [3.05, 3.63) is 57.1 Å². The summed E-state index contributed by atoms with van der Waals surface area (Å²) in [4.78, 5) is 30.2. The zero-order chi connectivity index (χ0) is 22.8. The maximum atomic E-state index is 12.7. The highest BCUT2D eigenvalue weighted by Crippen LogP contribution is 2.31. The highest BCUT2D eigenvalue weighted by atomic mass is 32.1. The number of carbonyl (C=O) groups is 1. The summed E-state index contributed by atoms with van der Waals surface area (Å²) in [6, 6.07) is 8.46. The van der Waals surface area contributed by atoms with Crippen LogP contribution >= 0.6 is 23.6 Å². The number of aromatic nitrogens is 1. The van der Waals surface area contributed by atoms with Crippen LogP contribution in [0.2, 0.25) is 0 Å². The summed E-state index contributed by atoms with van der Waals surface area (Å²) in [6.07, 6.45) is 0. The highest BCUT2D eigenvalue weighted by molar-refractivity contribution is 7.80. The van der Waals surface area contributed by atoms with E-state index in [0.29, 0.717) is 37.1 Å². The van der Waals surface area contributed by atoms with Crippen LogP contribution in [0.1, 0.15) is 21.5 Å². The van der Waals surface area contributed by atoms with Gasteiger partial charge in [-0.2, -0.15) is 0 Å². The summed E-state index contributed by atoms with van der Waals surface area (Å²) in [5.41, 5.74) is 3.54. The van der Waals surface area contributed by atoms with Gasteiger partial charge in [0.1, 0.15) is 5.69 Å². The molecule has 4 rings (SSSR count). The predicted molar refractivity (Wildman–Crippen MR) is 129 cm³/mol. The van der Waals surface area contributed by atoms with Gasteiger partial charge in [0.2, 0.25) is 0 Å². The number of nitrogens with zero attached hydrogens (tertiary/aromatic N) is 3. The number of ether oxygens (including phenoxy) is 1. The lowest BCUT2D eigenvalue weighted by atomic mass is 10.1. The van der Waals surface area contributed by atoms with Crippen LogP contribution in [0.15, 0.2) is 30.3 Å². The van der Waals surface area contributed by atoms with Crippen molar-refractivity contribution >= 4 is 61.3 Å². The minimum Gasteiger partial charge on any atom is -0.378 e. The van der Waals surface area contributed by atoms with Crippen molar-refractivity contribution in [1.29, 1.82) is 0 Å². The molecule has 0 unspecified atom stereocenters. The molecule has 11 heteroatoms. The number of fused-ring (bicyclic) bond motifs is 1. The van der Waals surface area contributed by atoms with Gasteiger partial charge < -0.3 is 15.0 Å². The molecule has 0 atom stereocenters. The summed E-state index contributed by atoms with van der Waals surface area (Å²) in [5.74, 6) is -0.535. The molecule has 1 aliphatic heterocycles. The molecule has 166 valence electrons. The van der Waals surface area contributed by atoms with Crippen LogP contribution in [-0.4, -0.2) is 47.2 Å². The van der Waals surface area contributed by atoms with Crippen molar-refractivity contribution < 1.29 is 14.5 Å². The van der Waals surface area contributed by atoms with E-state index >= 15 is 0 Å². The van der Waals surface area contributed by atoms with E-state index in [2.05, 4.69) is 15.6 Å². The zero-order valence-electron chi connectivity index (χ0n) is 17.5. The van der Waals surface area contributed by atoms with E-state index < -0.39 is 10.8 Å². The maximum Gasteiger partial charge on any atom is 0.293 e. The number of amides is 1. The fourth-order valence-corrected chi connectivity index (χ4v) is 4.77. The molecule has 1 fully saturated rings. The largest absolute Gasteiger partial charge is 0.378 e. The number of nitrogens with one attached hydrogen (secondary N) is 2. The van der Waals surface area contributed by atoms with E-state index in [9.17, 15) is 14.9 Å². The van der Waals surface area contributed by atoms with Crippen molar-refractivity contribution in [2.24, 2.45) is 0 Å². The lowest BCUT2D eigenvalue weighted by Crippen LogP contribution is -2.37. The molecule has 0 spiro atoms. The van der Waals surface area contributed by atoms with Gasteiger partial charge in [-0.1, -0.05) is 23.5 Å². The van der Waals surface area contributed by atoms with Gasteiger partial charge in [0.15, 0.2) is 10.2 Å². The van der Waals surface area contributed by atoms with Gasteiger partial charge in [-0.3, -0.25) is 20.2 Å². The number of hydrogen-bond acceptors (Lipinski definition) is 8. The number of aryl methyl sites for hydroxylation is 2. The Kier molecular flexibility index (Phi) is 6.31. The van der Waals surface area contributed by atoms with Crippen molar-refractivity contribution in [1.82, 2.24) is 10.3 Å². The molecule has 2 heterocycles. The van der Waals surface area contributed by atoms with E-state index in [-0.39, 0.29) is 16.4 Å². The van der Waals surface area contributed by atoms with Crippen LogP contribution in [0.3, 0.4) is 0 Å². The number of benzene rings is 2. The molecule has 1 aliphatic rings. The molecule has 32 heavy (non-hydrogen) atoms. The minimum absolute atomic E-state index is 0.0734. The molecule has 1 aromatic heterocycles. The smallest absolute Gasteiger partial charge is 0.293 e. The second-order valence-electron chi connectivity index (χ2n) is 7.36. The fourth-order valence-electron chi connectivity index (χ4n) is 3.50. The quantitative estimate of drug-likeness (QED) is 0.336. The SMILES string of the molecule is Cc1ccc(C)c2sc(NC(=S)NC(=O)c3ccc(N4CCOCC4)c([N+](=O)[O-])c3)nc12. The van der Waals surface area contributed by atoms with E-state index in [1.165, 1.54) is 17.4 Å². The second-order valence-corrected chi connectivity index (χ2v) is 8.77. The van der Waals surface area contributed by atoms with Crippen LogP contribution in [0.4, 0.5) is 16.5 Å². The first-order valence-electron chi connectivity index (χ1n) is 9.93. The Morgan fingerprint density at radius 1 is 1.22 bits per heavy atom. The van der Waals surface area contributed by atoms with Crippen molar-refractivity contribution in [2.45, 2.75) is 13.8 Å². The Hall–Kier alpha value is -3.15. The molecular formula is C21H21N5O4S2. The molecule has 0 radical (unpaired) electrons. The number of carbonyl (C=O) groups excluding carboxylic acids is 1. The monoisotopic (exact) mass is 471 g/mol. The van der Waals surface area contributed by atoms with E-state index in [4.69, 9.17) is 17.0 Å². The fraction of sp³-hybridized carbons (Fsp3) is 0.286. The lowest BCUT2D eigenvalue weighted by Gasteiger charge is -2.28. The van der Waals surface area contributed by atoms with Crippen LogP contribution in [0.25, 0.3) is 10.2 Å². The van der Waals surface area contributed by atoms with Crippen molar-refractivity contribution in [3.8, 4) is 0 Å². The molecule has 1 amide bonds. The normalized spacial score (nSPS) is 13.8. The number of nitro groups is 1. The number of thiazole rings is 1. The number of thiocarbonyl (C=S) groups is 1. The molecule has 1 saturated heterocycles. The Morgan fingerprint density at radius 3 is 2.62 bits per heavy atom. The third-order valence-corrected chi connectivity index (χ3v) is 6.49. The molecule has 0 bridgehead atoms. The lowest BCUT2D eigenvalue weighted by molar-refractivity contribution is -0.384. The second kappa shape index (κ2) is 9.15. The predicted octanol–water partition coefficient (Wildman–Crippen LogP) is 3.78. The molecule has 0 saturated carbocycles. The van der Waals surface area contributed by atoms with Gasteiger partial charge in [0.05, 0.1) is 28.4 Å². The zero-order valence-corrected chi connectivity index (χ0v) is 19.1. The molecule has 0 aliphatic carbocycles. The summed E-state index contributed by atoms with van der Waals surface area (Å²) in [5, 5.41) is 17.8. The summed E-state index contributed by atoms with van der Waals surface area (Å²) < 4.78 is 6.36. The molecule has 2 aromatic carbocycles. The molecular weight excluding hydrogens is 450 g/mol. The maximum absolute atomic E-state index is 12.7. The average molecular weight is 472 g/mol. The van der Waals surface area contributed by atoms with Crippen LogP contribution < -0.4 is 15.5 Å². The highest BCUT2D eigenvalue weighted by Gasteiger charge is 2.23. The molecule has 9 nitrogen and oxygen atoms in total.